The Morgan fingerprint density at radius 3 is 2.78 bits per heavy atom. The molecule has 1 heterocycles. The lowest BCUT2D eigenvalue weighted by Gasteiger charge is -2.18. The van der Waals surface area contributed by atoms with Gasteiger partial charge in [-0.25, -0.2) is 4.79 Å². The van der Waals surface area contributed by atoms with Crippen molar-refractivity contribution in [1.82, 2.24) is 0 Å². The van der Waals surface area contributed by atoms with Crippen molar-refractivity contribution in [2.75, 3.05) is 18.5 Å². The van der Waals surface area contributed by atoms with E-state index in [1.165, 1.54) is 42.5 Å². The Bertz CT molecular complexity index is 903. The highest BCUT2D eigenvalue weighted by Crippen LogP contribution is 2.30. The van der Waals surface area contributed by atoms with E-state index in [9.17, 15) is 23.2 Å². The van der Waals surface area contributed by atoms with E-state index in [1.807, 2.05) is 0 Å². The van der Waals surface area contributed by atoms with E-state index < -0.39 is 24.1 Å². The first kappa shape index (κ1) is 18.8. The van der Waals surface area contributed by atoms with Gasteiger partial charge in [-0.2, -0.15) is 8.78 Å². The van der Waals surface area contributed by atoms with Gasteiger partial charge < -0.3 is 14.8 Å². The van der Waals surface area contributed by atoms with E-state index in [2.05, 4.69) is 5.32 Å². The summed E-state index contributed by atoms with van der Waals surface area (Å²) in [6, 6.07) is 10.2. The second-order valence-corrected chi connectivity index (χ2v) is 6.45. The minimum atomic E-state index is -2.69. The number of thioether (sulfide) groups is 1. The Hall–Kier alpha value is -2.94. The Morgan fingerprint density at radius 1 is 1.22 bits per heavy atom. The summed E-state index contributed by atoms with van der Waals surface area (Å²) < 4.78 is 35.3. The summed E-state index contributed by atoms with van der Waals surface area (Å²) >= 11 is 0.226. The lowest BCUT2D eigenvalue weighted by atomic mass is 10.1. The molecule has 0 saturated carbocycles. The molecular formula is C18H13F2NO5S. The van der Waals surface area contributed by atoms with Crippen molar-refractivity contribution in [2.45, 2.75) is 10.7 Å². The van der Waals surface area contributed by atoms with E-state index >= 15 is 0 Å². The molecule has 0 radical (unpaired) electrons. The zero-order chi connectivity index (χ0) is 19.4. The molecule has 1 N–H and O–H groups in total. The summed E-state index contributed by atoms with van der Waals surface area (Å²) in [6.07, 6.45) is 0. The van der Waals surface area contributed by atoms with Gasteiger partial charge in [-0.05, 0) is 30.3 Å². The van der Waals surface area contributed by atoms with Crippen molar-refractivity contribution in [2.24, 2.45) is 0 Å². The third kappa shape index (κ3) is 4.62. The average molecular weight is 393 g/mol. The highest BCUT2D eigenvalue weighted by atomic mass is 32.2. The summed E-state index contributed by atoms with van der Waals surface area (Å²) in [5.41, 5.74) is 0.520. The van der Waals surface area contributed by atoms with Gasteiger partial charge in [0, 0.05) is 10.5 Å². The molecule has 3 rings (SSSR count). The fourth-order valence-corrected chi connectivity index (χ4v) is 3.01. The summed E-state index contributed by atoms with van der Waals surface area (Å²) in [7, 11) is 0. The number of ketones is 1. The number of amides is 1. The zero-order valence-electron chi connectivity index (χ0n) is 13.7. The molecule has 2 aromatic rings. The van der Waals surface area contributed by atoms with Crippen molar-refractivity contribution in [3.63, 3.8) is 0 Å². The predicted molar refractivity (Wildman–Crippen MR) is 93.5 cm³/mol. The molecule has 2 aromatic carbocycles. The van der Waals surface area contributed by atoms with E-state index in [0.717, 1.165) is 0 Å². The number of halogens is 2. The van der Waals surface area contributed by atoms with E-state index in [4.69, 9.17) is 9.47 Å². The second kappa shape index (κ2) is 8.17. The van der Waals surface area contributed by atoms with Gasteiger partial charge in [0.15, 0.2) is 19.0 Å². The number of rotatable bonds is 6. The number of alkyl halides is 2. The highest BCUT2D eigenvalue weighted by Gasteiger charge is 2.20. The molecule has 0 unspecified atom stereocenters. The number of fused-ring (bicyclic) bond motifs is 1. The van der Waals surface area contributed by atoms with Crippen LogP contribution in [0.3, 0.4) is 0 Å². The third-order valence-corrected chi connectivity index (χ3v) is 4.38. The minimum absolute atomic E-state index is 0.0401. The molecule has 0 spiro atoms. The van der Waals surface area contributed by atoms with Crippen LogP contribution in [-0.4, -0.2) is 36.6 Å². The Labute approximate surface area is 156 Å². The lowest BCUT2D eigenvalue weighted by molar-refractivity contribution is -0.118. The van der Waals surface area contributed by atoms with Crippen molar-refractivity contribution >= 4 is 35.1 Å². The predicted octanol–water partition coefficient (Wildman–Crippen LogP) is 3.37. The van der Waals surface area contributed by atoms with Crippen molar-refractivity contribution in [1.29, 1.82) is 0 Å². The number of benzene rings is 2. The molecule has 0 saturated heterocycles. The topological polar surface area (TPSA) is 81.7 Å². The maximum absolute atomic E-state index is 12.6. The van der Waals surface area contributed by atoms with Gasteiger partial charge in [-0.3, -0.25) is 9.59 Å². The van der Waals surface area contributed by atoms with Crippen molar-refractivity contribution in [3.8, 4) is 5.75 Å². The van der Waals surface area contributed by atoms with Crippen LogP contribution >= 0.6 is 11.8 Å². The number of nitrogens with one attached hydrogen (secondary N) is 1. The Kier molecular flexibility index (Phi) is 5.70. The summed E-state index contributed by atoms with van der Waals surface area (Å²) in [5.74, 6) is -3.98. The quantitative estimate of drug-likeness (QED) is 0.460. The van der Waals surface area contributed by atoms with Gasteiger partial charge in [0.2, 0.25) is 0 Å². The van der Waals surface area contributed by atoms with Crippen LogP contribution in [0.4, 0.5) is 14.5 Å². The Balaban J connectivity index is 1.67. The van der Waals surface area contributed by atoms with Crippen LogP contribution in [0.5, 0.6) is 5.75 Å². The summed E-state index contributed by atoms with van der Waals surface area (Å²) in [6.45, 7) is -0.673. The number of carbonyl (C=O) groups excluding carboxylic acids is 3. The van der Waals surface area contributed by atoms with Crippen LogP contribution < -0.4 is 10.1 Å². The van der Waals surface area contributed by atoms with E-state index in [-0.39, 0.29) is 40.3 Å². The van der Waals surface area contributed by atoms with Gasteiger partial charge in [-0.1, -0.05) is 23.9 Å². The molecule has 0 atom stereocenters. The molecule has 0 aliphatic carbocycles. The monoisotopic (exact) mass is 393 g/mol. The van der Waals surface area contributed by atoms with Gasteiger partial charge in [0.1, 0.15) is 5.75 Å². The van der Waals surface area contributed by atoms with Crippen LogP contribution in [0.25, 0.3) is 0 Å². The number of anilines is 1. The largest absolute Gasteiger partial charge is 0.482 e. The van der Waals surface area contributed by atoms with Gasteiger partial charge in [-0.15, -0.1) is 0 Å². The van der Waals surface area contributed by atoms with E-state index in [1.54, 1.807) is 0 Å². The molecule has 6 nitrogen and oxygen atoms in total. The van der Waals surface area contributed by atoms with Crippen LogP contribution in [0, 0.1) is 0 Å². The average Bonchev–Trinajstić information content (AvgIpc) is 2.65. The maximum Gasteiger partial charge on any atom is 0.339 e. The molecule has 9 heteroatoms. The van der Waals surface area contributed by atoms with Crippen molar-refractivity contribution in [3.05, 3.63) is 53.6 Å². The first-order chi connectivity index (χ1) is 12.9. The smallest absolute Gasteiger partial charge is 0.339 e. The SMILES string of the molecule is O=C1COc2ccc(C(=O)COC(=O)c3ccccc3SC(F)F)cc2N1. The molecular weight excluding hydrogens is 380 g/mol. The van der Waals surface area contributed by atoms with Gasteiger partial charge in [0.25, 0.3) is 11.7 Å². The fraction of sp³-hybridized carbons (Fsp3) is 0.167. The van der Waals surface area contributed by atoms with E-state index in [0.29, 0.717) is 11.4 Å². The molecule has 0 aromatic heterocycles. The number of Topliss-reactive ketones (excluding diaryl/α,β-unsaturated/α-hetero) is 1. The zero-order valence-corrected chi connectivity index (χ0v) is 14.6. The molecule has 1 aliphatic heterocycles. The number of esters is 1. The minimum Gasteiger partial charge on any atom is -0.482 e. The standard InChI is InChI=1S/C18H13F2NO5S/c19-18(20)27-15-4-2-1-3-11(15)17(24)26-8-13(22)10-5-6-14-12(7-10)21-16(23)9-25-14/h1-7,18H,8-9H2,(H,21,23). The second-order valence-electron chi connectivity index (χ2n) is 5.42. The number of carbonyl (C=O) groups is 3. The third-order valence-electron chi connectivity index (χ3n) is 3.59. The van der Waals surface area contributed by atoms with Crippen LogP contribution in [0.15, 0.2) is 47.4 Å². The number of hydrogen-bond donors (Lipinski definition) is 1. The lowest BCUT2D eigenvalue weighted by Crippen LogP contribution is -2.25. The molecule has 27 heavy (non-hydrogen) atoms. The first-order valence-electron chi connectivity index (χ1n) is 7.75. The maximum atomic E-state index is 12.6. The van der Waals surface area contributed by atoms with Gasteiger partial charge >= 0.3 is 5.97 Å². The first-order valence-corrected chi connectivity index (χ1v) is 8.63. The molecule has 1 aliphatic rings. The number of ether oxygens (including phenoxy) is 2. The summed E-state index contributed by atoms with van der Waals surface area (Å²) in [4.78, 5) is 35.8. The van der Waals surface area contributed by atoms with Crippen LogP contribution in [-0.2, 0) is 9.53 Å². The Morgan fingerprint density at radius 2 is 2.00 bits per heavy atom. The van der Waals surface area contributed by atoms with Gasteiger partial charge in [0.05, 0.1) is 11.3 Å². The highest BCUT2D eigenvalue weighted by molar-refractivity contribution is 7.99. The van der Waals surface area contributed by atoms with Crippen LogP contribution in [0.2, 0.25) is 0 Å². The number of hydrogen-bond acceptors (Lipinski definition) is 6. The molecule has 0 bridgehead atoms. The molecule has 140 valence electrons. The molecule has 0 fully saturated rings. The van der Waals surface area contributed by atoms with Crippen molar-refractivity contribution < 1.29 is 32.6 Å². The normalized spacial score (nSPS) is 12.8. The fourth-order valence-electron chi connectivity index (χ4n) is 2.38. The summed E-state index contributed by atoms with van der Waals surface area (Å²) in [5, 5.41) is 2.57. The molecule has 1 amide bonds. The van der Waals surface area contributed by atoms with Crippen LogP contribution in [0.1, 0.15) is 20.7 Å².